The monoisotopic (exact) mass is 480 g/mol. The second-order valence-electron chi connectivity index (χ2n) is 9.15. The van der Waals surface area contributed by atoms with Crippen molar-refractivity contribution in [2.24, 2.45) is 0 Å². The molecule has 2 N–H and O–H groups in total. The number of rotatable bonds is 7. The zero-order chi connectivity index (χ0) is 25.1. The van der Waals surface area contributed by atoms with Crippen LogP contribution in [-0.4, -0.2) is 78.2 Å². The highest BCUT2D eigenvalue weighted by Gasteiger charge is 2.46. The van der Waals surface area contributed by atoms with Crippen molar-refractivity contribution in [1.29, 1.82) is 0 Å². The van der Waals surface area contributed by atoms with Gasteiger partial charge in [0.1, 0.15) is 17.3 Å². The molecule has 0 saturated carbocycles. The molecule has 0 bridgehead atoms. The summed E-state index contributed by atoms with van der Waals surface area (Å²) in [5, 5.41) is 21.7. The Hall–Kier alpha value is -3.36. The first-order valence-electron chi connectivity index (χ1n) is 11.9. The molecule has 2 aromatic rings. The molecular formula is C27H32N2O6. The predicted molar refractivity (Wildman–Crippen MR) is 131 cm³/mol. The number of morpholine rings is 1. The van der Waals surface area contributed by atoms with E-state index >= 15 is 0 Å². The molecule has 1 unspecified atom stereocenters. The lowest BCUT2D eigenvalue weighted by atomic mass is 9.93. The molecule has 2 aliphatic heterocycles. The lowest BCUT2D eigenvalue weighted by Crippen LogP contribution is -2.42. The van der Waals surface area contributed by atoms with E-state index in [0.29, 0.717) is 38.0 Å². The summed E-state index contributed by atoms with van der Waals surface area (Å²) in [6.45, 7) is 7.89. The number of likely N-dealkylation sites (tertiary alicyclic amines) is 1. The fourth-order valence-corrected chi connectivity index (χ4v) is 4.58. The van der Waals surface area contributed by atoms with Crippen molar-refractivity contribution >= 4 is 17.4 Å². The van der Waals surface area contributed by atoms with Crippen molar-refractivity contribution in [3.63, 3.8) is 0 Å². The number of aliphatic hydroxyl groups excluding tert-OH is 1. The van der Waals surface area contributed by atoms with Gasteiger partial charge in [-0.25, -0.2) is 0 Å². The van der Waals surface area contributed by atoms with Crippen LogP contribution in [0.1, 0.15) is 42.5 Å². The standard InChI is InChI=1S/C27H32N2O6/c1-17(2)18-4-6-19(7-5-18)24-23(25(31)21-9-8-20(34-3)16-22(21)30)26(32)27(33)29(24)11-10-28-12-14-35-15-13-28/h4-9,16-17,24,30-31H,10-15H2,1-3H3. The maximum atomic E-state index is 13.2. The number of hydrogen-bond acceptors (Lipinski definition) is 7. The quantitative estimate of drug-likeness (QED) is 0.356. The Morgan fingerprint density at radius 3 is 2.37 bits per heavy atom. The van der Waals surface area contributed by atoms with Crippen LogP contribution in [0, 0.1) is 0 Å². The van der Waals surface area contributed by atoms with Crippen LogP contribution in [0.4, 0.5) is 0 Å². The number of aromatic hydroxyl groups is 1. The molecule has 1 amide bonds. The van der Waals surface area contributed by atoms with E-state index in [4.69, 9.17) is 9.47 Å². The lowest BCUT2D eigenvalue weighted by Gasteiger charge is -2.31. The molecule has 0 aromatic heterocycles. The summed E-state index contributed by atoms with van der Waals surface area (Å²) in [5.41, 5.74) is 1.90. The van der Waals surface area contributed by atoms with E-state index in [0.717, 1.165) is 24.2 Å². The Bertz CT molecular complexity index is 1120. The molecule has 0 spiro atoms. The van der Waals surface area contributed by atoms with Crippen LogP contribution >= 0.6 is 0 Å². The van der Waals surface area contributed by atoms with Crippen molar-refractivity contribution in [2.75, 3.05) is 46.5 Å². The first-order valence-corrected chi connectivity index (χ1v) is 11.9. The molecule has 1 atom stereocenters. The summed E-state index contributed by atoms with van der Waals surface area (Å²) in [5.74, 6) is -1.34. The molecule has 2 aromatic carbocycles. The zero-order valence-electron chi connectivity index (χ0n) is 20.4. The number of carbonyl (C=O) groups excluding carboxylic acids is 2. The number of aliphatic hydroxyl groups is 1. The number of carbonyl (C=O) groups is 2. The highest BCUT2D eigenvalue weighted by molar-refractivity contribution is 6.46. The first-order chi connectivity index (χ1) is 16.8. The minimum absolute atomic E-state index is 0.0326. The molecule has 2 heterocycles. The highest BCUT2D eigenvalue weighted by atomic mass is 16.5. The van der Waals surface area contributed by atoms with Crippen LogP contribution < -0.4 is 4.74 Å². The van der Waals surface area contributed by atoms with Crippen molar-refractivity contribution in [3.8, 4) is 11.5 Å². The van der Waals surface area contributed by atoms with Gasteiger partial charge in [0.2, 0.25) is 0 Å². The van der Waals surface area contributed by atoms with Gasteiger partial charge in [0.15, 0.2) is 0 Å². The Morgan fingerprint density at radius 1 is 1.09 bits per heavy atom. The SMILES string of the molecule is COc1ccc(C(O)=C2C(=O)C(=O)N(CCN3CCOCC3)C2c2ccc(C(C)C)cc2)c(O)c1. The van der Waals surface area contributed by atoms with Gasteiger partial charge in [0, 0.05) is 32.2 Å². The maximum absolute atomic E-state index is 13.2. The summed E-state index contributed by atoms with van der Waals surface area (Å²) >= 11 is 0. The molecular weight excluding hydrogens is 448 g/mol. The number of methoxy groups -OCH3 is 1. The molecule has 0 radical (unpaired) electrons. The van der Waals surface area contributed by atoms with Crippen LogP contribution in [0.15, 0.2) is 48.0 Å². The molecule has 8 heteroatoms. The van der Waals surface area contributed by atoms with E-state index in [2.05, 4.69) is 18.7 Å². The van der Waals surface area contributed by atoms with Crippen molar-refractivity contribution < 1.29 is 29.3 Å². The molecule has 2 saturated heterocycles. The van der Waals surface area contributed by atoms with Crippen LogP contribution in [0.2, 0.25) is 0 Å². The number of ether oxygens (including phenoxy) is 2. The molecule has 8 nitrogen and oxygen atoms in total. The normalized spacial score (nSPS) is 20.6. The van der Waals surface area contributed by atoms with Crippen LogP contribution in [0.3, 0.4) is 0 Å². The summed E-state index contributed by atoms with van der Waals surface area (Å²) in [4.78, 5) is 30.1. The van der Waals surface area contributed by atoms with E-state index in [1.54, 1.807) is 6.07 Å². The van der Waals surface area contributed by atoms with Gasteiger partial charge in [0.05, 0.1) is 37.5 Å². The van der Waals surface area contributed by atoms with Gasteiger partial charge in [0.25, 0.3) is 11.7 Å². The second kappa shape index (κ2) is 10.5. The van der Waals surface area contributed by atoms with E-state index in [1.807, 2.05) is 24.3 Å². The van der Waals surface area contributed by atoms with E-state index in [1.165, 1.54) is 24.1 Å². The van der Waals surface area contributed by atoms with Gasteiger partial charge in [-0.3, -0.25) is 14.5 Å². The number of nitrogens with zero attached hydrogens (tertiary/aromatic N) is 2. The molecule has 2 aliphatic rings. The summed E-state index contributed by atoms with van der Waals surface area (Å²) in [7, 11) is 1.47. The Balaban J connectivity index is 1.76. The first kappa shape index (κ1) is 24.8. The largest absolute Gasteiger partial charge is 0.507 e. The van der Waals surface area contributed by atoms with Crippen LogP contribution in [0.25, 0.3) is 5.76 Å². The third-order valence-corrected chi connectivity index (χ3v) is 6.68. The van der Waals surface area contributed by atoms with Gasteiger partial charge in [-0.05, 0) is 29.2 Å². The molecule has 0 aliphatic carbocycles. The average Bonchev–Trinajstić information content (AvgIpc) is 3.12. The summed E-state index contributed by atoms with van der Waals surface area (Å²) < 4.78 is 10.5. The van der Waals surface area contributed by atoms with Gasteiger partial charge < -0.3 is 24.6 Å². The molecule has 186 valence electrons. The van der Waals surface area contributed by atoms with Crippen LogP contribution in [-0.2, 0) is 14.3 Å². The van der Waals surface area contributed by atoms with E-state index in [-0.39, 0.29) is 16.9 Å². The number of ketones is 1. The van der Waals surface area contributed by atoms with Gasteiger partial charge >= 0.3 is 0 Å². The number of hydrogen-bond donors (Lipinski definition) is 2. The third-order valence-electron chi connectivity index (χ3n) is 6.68. The fourth-order valence-electron chi connectivity index (χ4n) is 4.58. The minimum atomic E-state index is -0.766. The summed E-state index contributed by atoms with van der Waals surface area (Å²) in [6.07, 6.45) is 0. The number of benzene rings is 2. The van der Waals surface area contributed by atoms with Crippen LogP contribution in [0.5, 0.6) is 11.5 Å². The summed E-state index contributed by atoms with van der Waals surface area (Å²) in [6, 6.07) is 11.4. The number of phenols is 1. The number of amides is 1. The Labute approximate surface area is 205 Å². The minimum Gasteiger partial charge on any atom is -0.507 e. The zero-order valence-corrected chi connectivity index (χ0v) is 20.4. The highest BCUT2D eigenvalue weighted by Crippen LogP contribution is 2.41. The van der Waals surface area contributed by atoms with Gasteiger partial charge in [-0.1, -0.05) is 38.1 Å². The van der Waals surface area contributed by atoms with Gasteiger partial charge in [-0.15, -0.1) is 0 Å². The van der Waals surface area contributed by atoms with Crippen molar-refractivity contribution in [2.45, 2.75) is 25.8 Å². The van der Waals surface area contributed by atoms with Gasteiger partial charge in [-0.2, -0.15) is 0 Å². The molecule has 35 heavy (non-hydrogen) atoms. The Kier molecular flexibility index (Phi) is 7.42. The average molecular weight is 481 g/mol. The topological polar surface area (TPSA) is 99.5 Å². The molecule has 4 rings (SSSR count). The molecule has 2 fully saturated rings. The second-order valence-corrected chi connectivity index (χ2v) is 9.15. The lowest BCUT2D eigenvalue weighted by molar-refractivity contribution is -0.140. The third kappa shape index (κ3) is 5.04. The van der Waals surface area contributed by atoms with E-state index < -0.39 is 23.5 Å². The van der Waals surface area contributed by atoms with Crippen molar-refractivity contribution in [1.82, 2.24) is 9.80 Å². The van der Waals surface area contributed by atoms with E-state index in [9.17, 15) is 19.8 Å². The predicted octanol–water partition coefficient (Wildman–Crippen LogP) is 3.28. The Morgan fingerprint density at radius 2 is 1.77 bits per heavy atom. The maximum Gasteiger partial charge on any atom is 0.295 e. The smallest absolute Gasteiger partial charge is 0.295 e. The van der Waals surface area contributed by atoms with Crippen molar-refractivity contribution in [3.05, 3.63) is 64.7 Å². The number of phenolic OH excluding ortho intramolecular Hbond substituents is 1. The number of Topliss-reactive ketones (excluding diaryl/α,β-unsaturated/α-hetero) is 1. The fraction of sp³-hybridized carbons (Fsp3) is 0.407.